The number of benzene rings is 3. The van der Waals surface area contributed by atoms with Gasteiger partial charge in [-0.25, -0.2) is 4.39 Å². The maximum Gasteiger partial charge on any atom is 0.416 e. The van der Waals surface area contributed by atoms with Gasteiger partial charge in [-0.3, -0.25) is 0 Å². The first-order valence-corrected chi connectivity index (χ1v) is 14.5. The maximum absolute atomic E-state index is 13.3. The van der Waals surface area contributed by atoms with Crippen molar-refractivity contribution in [3.63, 3.8) is 0 Å². The van der Waals surface area contributed by atoms with Gasteiger partial charge in [0.05, 0.1) is 11.1 Å². The van der Waals surface area contributed by atoms with Crippen molar-refractivity contribution in [2.24, 2.45) is 0 Å². The highest BCUT2D eigenvalue weighted by Gasteiger charge is 2.40. The van der Waals surface area contributed by atoms with E-state index in [9.17, 15) is 30.7 Å². The highest BCUT2D eigenvalue weighted by molar-refractivity contribution is 5.34. The molecule has 1 saturated heterocycles. The van der Waals surface area contributed by atoms with Gasteiger partial charge in [0.2, 0.25) is 0 Å². The van der Waals surface area contributed by atoms with Crippen molar-refractivity contribution in [1.82, 2.24) is 10.2 Å². The minimum absolute atomic E-state index is 0.0435. The Morgan fingerprint density at radius 1 is 0.738 bits per heavy atom. The number of alkyl halides is 6. The molecule has 1 heterocycles. The van der Waals surface area contributed by atoms with E-state index in [0.717, 1.165) is 69.3 Å². The smallest absolute Gasteiger partial charge is 0.312 e. The molecule has 3 aromatic carbocycles. The van der Waals surface area contributed by atoms with Crippen LogP contribution in [0.3, 0.4) is 0 Å². The Labute approximate surface area is 241 Å². The quantitative estimate of drug-likeness (QED) is 0.276. The standard InChI is InChI=1S/C33H35F7N2/c34-29-8-6-24(7-9-29)25-12-16-42(17-13-25)30-10-14-31(15-11-30,26-4-2-1-3-5-26)22-41-21-23-18-27(32(35,36)37)20-28(19-23)33(38,39)40/h1-9,18-20,25,30,41H,10-17,21-22H2/t30-,31-. The summed E-state index contributed by atoms with van der Waals surface area (Å²) in [6.45, 7) is 2.30. The van der Waals surface area contributed by atoms with E-state index in [2.05, 4.69) is 22.3 Å². The third-order valence-corrected chi connectivity index (χ3v) is 9.13. The SMILES string of the molecule is Fc1ccc(C2CCN([C@H]3CC[C@](CNCc4cc(C(F)(F)F)cc(C(F)(F)F)c4)(c4ccccc4)CC3)CC2)cc1. The second-order valence-corrected chi connectivity index (χ2v) is 11.8. The molecule has 0 atom stereocenters. The fraction of sp³-hybridized carbons (Fsp3) is 0.455. The number of nitrogens with one attached hydrogen (secondary N) is 1. The predicted octanol–water partition coefficient (Wildman–Crippen LogP) is 8.71. The Bertz CT molecular complexity index is 1270. The molecular weight excluding hydrogens is 557 g/mol. The minimum atomic E-state index is -4.87. The molecule has 9 heteroatoms. The Balaban J connectivity index is 1.24. The third kappa shape index (κ3) is 7.17. The van der Waals surface area contributed by atoms with E-state index in [1.54, 1.807) is 0 Å². The monoisotopic (exact) mass is 592 g/mol. The summed E-state index contributed by atoms with van der Waals surface area (Å²) >= 11 is 0. The van der Waals surface area contributed by atoms with Crippen LogP contribution in [-0.4, -0.2) is 30.6 Å². The predicted molar refractivity (Wildman–Crippen MR) is 148 cm³/mol. The summed E-state index contributed by atoms with van der Waals surface area (Å²) in [5.41, 5.74) is -0.592. The normalized spacial score (nSPS) is 22.8. The van der Waals surface area contributed by atoms with Crippen molar-refractivity contribution in [1.29, 1.82) is 0 Å². The minimum Gasteiger partial charge on any atom is -0.312 e. The average Bonchev–Trinajstić information content (AvgIpc) is 2.97. The van der Waals surface area contributed by atoms with Crippen molar-refractivity contribution in [2.75, 3.05) is 19.6 Å². The summed E-state index contributed by atoms with van der Waals surface area (Å²) in [6.07, 6.45) is -4.06. The van der Waals surface area contributed by atoms with Crippen molar-refractivity contribution >= 4 is 0 Å². The summed E-state index contributed by atoms with van der Waals surface area (Å²) < 4.78 is 93.4. The van der Waals surface area contributed by atoms with Gasteiger partial charge in [0.25, 0.3) is 0 Å². The van der Waals surface area contributed by atoms with E-state index >= 15 is 0 Å². The highest BCUT2D eigenvalue weighted by Crippen LogP contribution is 2.42. The Morgan fingerprint density at radius 3 is 1.86 bits per heavy atom. The Kier molecular flexibility index (Phi) is 8.99. The second-order valence-electron chi connectivity index (χ2n) is 11.8. The highest BCUT2D eigenvalue weighted by atomic mass is 19.4. The Hall–Kier alpha value is -2.91. The molecule has 5 rings (SSSR count). The van der Waals surface area contributed by atoms with Gasteiger partial charge in [0.1, 0.15) is 5.82 Å². The molecule has 1 saturated carbocycles. The van der Waals surface area contributed by atoms with Crippen molar-refractivity contribution in [2.45, 2.75) is 74.8 Å². The molecular formula is C33H35F7N2. The van der Waals surface area contributed by atoms with Crippen molar-refractivity contribution < 1.29 is 30.7 Å². The second kappa shape index (κ2) is 12.4. The first kappa shape index (κ1) is 30.5. The van der Waals surface area contributed by atoms with E-state index in [4.69, 9.17) is 0 Å². The number of halogens is 7. The molecule has 2 nitrogen and oxygen atoms in total. The number of likely N-dealkylation sites (tertiary alicyclic amines) is 1. The summed E-state index contributed by atoms with van der Waals surface area (Å²) in [4.78, 5) is 2.55. The summed E-state index contributed by atoms with van der Waals surface area (Å²) in [5.74, 6) is 0.197. The van der Waals surface area contributed by atoms with Gasteiger partial charge in [0, 0.05) is 24.5 Å². The van der Waals surface area contributed by atoms with Gasteiger partial charge >= 0.3 is 12.4 Å². The Morgan fingerprint density at radius 2 is 1.31 bits per heavy atom. The van der Waals surface area contributed by atoms with E-state index in [1.165, 1.54) is 17.7 Å². The molecule has 0 spiro atoms. The molecule has 0 amide bonds. The van der Waals surface area contributed by atoms with Gasteiger partial charge in [-0.15, -0.1) is 0 Å². The van der Waals surface area contributed by atoms with Crippen LogP contribution in [0.15, 0.2) is 72.8 Å². The number of nitrogens with zero attached hydrogens (tertiary/aromatic N) is 1. The fourth-order valence-electron chi connectivity index (χ4n) is 6.78. The molecule has 0 unspecified atom stereocenters. The third-order valence-electron chi connectivity index (χ3n) is 9.13. The van der Waals surface area contributed by atoms with Crippen LogP contribution >= 0.6 is 0 Å². The van der Waals surface area contributed by atoms with E-state index in [1.807, 2.05) is 30.3 Å². The first-order valence-electron chi connectivity index (χ1n) is 14.5. The number of piperidine rings is 1. The van der Waals surface area contributed by atoms with Crippen LogP contribution in [0.25, 0.3) is 0 Å². The number of hydrogen-bond donors (Lipinski definition) is 1. The van der Waals surface area contributed by atoms with Crippen LogP contribution in [0.1, 0.15) is 72.3 Å². The molecule has 3 aromatic rings. The van der Waals surface area contributed by atoms with Crippen molar-refractivity contribution in [3.8, 4) is 0 Å². The van der Waals surface area contributed by atoms with Crippen LogP contribution < -0.4 is 5.32 Å². The molecule has 1 aliphatic heterocycles. The average molecular weight is 593 g/mol. The van der Waals surface area contributed by atoms with Crippen LogP contribution in [0.4, 0.5) is 30.7 Å². The zero-order valence-corrected chi connectivity index (χ0v) is 23.2. The lowest BCUT2D eigenvalue weighted by molar-refractivity contribution is -0.143. The maximum atomic E-state index is 13.3. The lowest BCUT2D eigenvalue weighted by atomic mass is 9.67. The van der Waals surface area contributed by atoms with Crippen molar-refractivity contribution in [3.05, 3.63) is 106 Å². The molecule has 0 radical (unpaired) electrons. The molecule has 42 heavy (non-hydrogen) atoms. The van der Waals surface area contributed by atoms with E-state index in [0.29, 0.717) is 18.5 Å². The molecule has 226 valence electrons. The van der Waals surface area contributed by atoms with Gasteiger partial charge in [-0.2, -0.15) is 26.3 Å². The van der Waals surface area contributed by atoms with Crippen LogP contribution in [0.2, 0.25) is 0 Å². The molecule has 1 aliphatic carbocycles. The topological polar surface area (TPSA) is 15.3 Å². The molecule has 2 fully saturated rings. The van der Waals surface area contributed by atoms with Gasteiger partial charge < -0.3 is 10.2 Å². The molecule has 1 N–H and O–H groups in total. The lowest BCUT2D eigenvalue weighted by Gasteiger charge is -2.46. The van der Waals surface area contributed by atoms with Crippen LogP contribution in [-0.2, 0) is 24.3 Å². The van der Waals surface area contributed by atoms with E-state index < -0.39 is 23.5 Å². The summed E-state index contributed by atoms with van der Waals surface area (Å²) in [6, 6.07) is 18.9. The molecule has 0 aromatic heterocycles. The van der Waals surface area contributed by atoms with Gasteiger partial charge in [0.15, 0.2) is 0 Å². The summed E-state index contributed by atoms with van der Waals surface area (Å²) in [7, 11) is 0. The molecule has 2 aliphatic rings. The first-order chi connectivity index (χ1) is 19.9. The zero-order chi connectivity index (χ0) is 30.0. The zero-order valence-electron chi connectivity index (χ0n) is 23.2. The number of hydrogen-bond acceptors (Lipinski definition) is 2. The molecule has 0 bridgehead atoms. The van der Waals surface area contributed by atoms with Crippen LogP contribution in [0.5, 0.6) is 0 Å². The lowest BCUT2D eigenvalue weighted by Crippen LogP contribution is -2.48. The largest absolute Gasteiger partial charge is 0.416 e. The van der Waals surface area contributed by atoms with E-state index in [-0.39, 0.29) is 29.4 Å². The summed E-state index contributed by atoms with van der Waals surface area (Å²) in [5, 5.41) is 3.22. The fourth-order valence-corrected chi connectivity index (χ4v) is 6.78. The van der Waals surface area contributed by atoms with Gasteiger partial charge in [-0.05, 0) is 105 Å². The van der Waals surface area contributed by atoms with Crippen LogP contribution in [0, 0.1) is 5.82 Å². The number of rotatable bonds is 7. The van der Waals surface area contributed by atoms with Gasteiger partial charge in [-0.1, -0.05) is 42.5 Å².